The summed E-state index contributed by atoms with van der Waals surface area (Å²) in [5, 5.41) is 9.72. The van der Waals surface area contributed by atoms with Crippen molar-refractivity contribution in [2.45, 2.75) is 39.8 Å². The van der Waals surface area contributed by atoms with Crippen molar-refractivity contribution in [1.82, 2.24) is 0 Å². The number of rotatable bonds is 5. The maximum atomic E-state index is 11.3. The van der Waals surface area contributed by atoms with E-state index < -0.39 is 5.97 Å². The first-order valence-corrected chi connectivity index (χ1v) is 7.12. The lowest BCUT2D eigenvalue weighted by Gasteiger charge is -2.24. The Morgan fingerprint density at radius 3 is 1.65 bits per heavy atom. The van der Waals surface area contributed by atoms with Crippen LogP contribution in [0.25, 0.3) is 0 Å². The Labute approximate surface area is 125 Å². The molecule has 0 bridgehead atoms. The second kappa shape index (κ2) is 6.57. The molecule has 0 aliphatic heterocycles. The molecule has 2 atom stereocenters. The number of benzene rings is 1. The summed E-state index contributed by atoms with van der Waals surface area (Å²) < 4.78 is 0. The lowest BCUT2D eigenvalue weighted by Crippen LogP contribution is -2.22. The van der Waals surface area contributed by atoms with Gasteiger partial charge in [-0.3, -0.25) is 0 Å². The lowest BCUT2D eigenvalue weighted by atomic mass is 9.89. The summed E-state index contributed by atoms with van der Waals surface area (Å²) in [5.74, 6) is -0.699. The molecule has 5 N–H and O–H groups in total. The fourth-order valence-electron chi connectivity index (χ4n) is 2.00. The zero-order valence-corrected chi connectivity index (χ0v) is 13.1. The van der Waals surface area contributed by atoms with Crippen LogP contribution in [0.5, 0.6) is 0 Å². The molecule has 112 valence electrons. The monoisotopic (exact) mass is 298 g/mol. The number of aromatic carboxylic acids is 1. The van der Waals surface area contributed by atoms with Gasteiger partial charge in [0.05, 0.1) is 10.6 Å². The number of hydrogen-bond acceptors (Lipinski definition) is 3. The number of carbonyl (C=O) groups is 1. The molecule has 0 heterocycles. The Hall–Kier alpha value is -1.10. The van der Waals surface area contributed by atoms with Crippen LogP contribution in [0.1, 0.15) is 61.3 Å². The highest BCUT2D eigenvalue weighted by atomic mass is 35.5. The van der Waals surface area contributed by atoms with Gasteiger partial charge in [-0.05, 0) is 35.1 Å². The van der Waals surface area contributed by atoms with Gasteiger partial charge in [0.1, 0.15) is 0 Å². The van der Waals surface area contributed by atoms with Gasteiger partial charge in [0.2, 0.25) is 0 Å². The van der Waals surface area contributed by atoms with Crippen LogP contribution >= 0.6 is 11.6 Å². The van der Waals surface area contributed by atoms with Crippen molar-refractivity contribution in [3.63, 3.8) is 0 Å². The third-order valence-corrected chi connectivity index (χ3v) is 3.97. The zero-order valence-electron chi connectivity index (χ0n) is 12.4. The summed E-state index contributed by atoms with van der Waals surface area (Å²) in [6.07, 6.45) is 0. The van der Waals surface area contributed by atoms with Crippen molar-refractivity contribution < 1.29 is 9.90 Å². The van der Waals surface area contributed by atoms with Crippen LogP contribution in [0.15, 0.2) is 12.1 Å². The number of hydrogen-bond donors (Lipinski definition) is 3. The minimum atomic E-state index is -1.00. The third-order valence-electron chi connectivity index (χ3n) is 3.53. The summed E-state index contributed by atoms with van der Waals surface area (Å²) in [6.45, 7) is 7.87. The number of carboxylic acid groups (broad SMARTS) is 1. The predicted molar refractivity (Wildman–Crippen MR) is 81.9 cm³/mol. The molecule has 0 spiro atoms. The molecule has 0 saturated carbocycles. The molecule has 5 heteroatoms. The molecule has 0 aliphatic rings. The van der Waals surface area contributed by atoms with Crippen molar-refractivity contribution in [1.29, 1.82) is 0 Å². The highest BCUT2D eigenvalue weighted by Crippen LogP contribution is 2.35. The Balaban J connectivity index is 3.48. The summed E-state index contributed by atoms with van der Waals surface area (Å²) in [4.78, 5) is 11.3. The van der Waals surface area contributed by atoms with Gasteiger partial charge in [0.15, 0.2) is 0 Å². The molecular formula is C15H23ClN2O2. The van der Waals surface area contributed by atoms with Crippen LogP contribution in [0, 0.1) is 11.8 Å². The van der Waals surface area contributed by atoms with Gasteiger partial charge < -0.3 is 16.6 Å². The molecule has 1 aromatic rings. The van der Waals surface area contributed by atoms with E-state index in [1.165, 1.54) is 0 Å². The van der Waals surface area contributed by atoms with Crippen molar-refractivity contribution in [3.8, 4) is 0 Å². The zero-order chi connectivity index (χ0) is 15.6. The van der Waals surface area contributed by atoms with Crippen LogP contribution in [0.4, 0.5) is 0 Å². The van der Waals surface area contributed by atoms with E-state index in [9.17, 15) is 9.90 Å². The van der Waals surface area contributed by atoms with E-state index in [4.69, 9.17) is 23.1 Å². The molecule has 0 fully saturated rings. The highest BCUT2D eigenvalue weighted by Gasteiger charge is 2.23. The second-order valence-electron chi connectivity index (χ2n) is 5.81. The largest absolute Gasteiger partial charge is 0.478 e. The van der Waals surface area contributed by atoms with Crippen LogP contribution in [0.3, 0.4) is 0 Å². The lowest BCUT2D eigenvalue weighted by molar-refractivity contribution is 0.0696. The molecule has 0 radical (unpaired) electrons. The standard InChI is InChI=1S/C15H23ClN2O2/c1-7(2)13(17)10-5-9(15(19)20)6-11(12(10)16)14(18)8(3)4/h5-8,13-14H,17-18H2,1-4H3,(H,19,20). The van der Waals surface area contributed by atoms with E-state index in [2.05, 4.69) is 0 Å². The molecule has 1 aromatic carbocycles. The van der Waals surface area contributed by atoms with E-state index in [0.717, 1.165) is 0 Å². The van der Waals surface area contributed by atoms with E-state index in [0.29, 0.717) is 16.1 Å². The number of carboxylic acids is 1. The van der Waals surface area contributed by atoms with Gasteiger partial charge in [0, 0.05) is 12.1 Å². The normalized spacial score (nSPS) is 14.7. The van der Waals surface area contributed by atoms with Gasteiger partial charge in [-0.15, -0.1) is 0 Å². The summed E-state index contributed by atoms with van der Waals surface area (Å²) in [6, 6.07) is 2.46. The smallest absolute Gasteiger partial charge is 0.335 e. The molecule has 0 aliphatic carbocycles. The maximum Gasteiger partial charge on any atom is 0.335 e. The Morgan fingerprint density at radius 1 is 1.05 bits per heavy atom. The first kappa shape index (κ1) is 17.0. The molecule has 0 aromatic heterocycles. The second-order valence-corrected chi connectivity index (χ2v) is 6.19. The summed E-state index contributed by atoms with van der Waals surface area (Å²) >= 11 is 6.41. The highest BCUT2D eigenvalue weighted by molar-refractivity contribution is 6.32. The van der Waals surface area contributed by atoms with Crippen molar-refractivity contribution >= 4 is 17.6 Å². The van der Waals surface area contributed by atoms with Crippen molar-refractivity contribution in [3.05, 3.63) is 33.8 Å². The molecule has 0 amide bonds. The fourth-order valence-corrected chi connectivity index (χ4v) is 2.36. The SMILES string of the molecule is CC(C)C(N)c1cc(C(=O)O)cc(C(N)C(C)C)c1Cl. The van der Waals surface area contributed by atoms with Gasteiger partial charge >= 0.3 is 5.97 Å². The quantitative estimate of drug-likeness (QED) is 0.777. The number of halogens is 1. The predicted octanol–water partition coefficient (Wildman–Crippen LogP) is 3.35. The summed E-state index contributed by atoms with van der Waals surface area (Å²) in [7, 11) is 0. The molecule has 4 nitrogen and oxygen atoms in total. The van der Waals surface area contributed by atoms with Crippen LogP contribution in [-0.2, 0) is 0 Å². The average molecular weight is 299 g/mol. The summed E-state index contributed by atoms with van der Waals surface area (Å²) in [5.41, 5.74) is 13.7. The van der Waals surface area contributed by atoms with Crippen molar-refractivity contribution in [2.24, 2.45) is 23.3 Å². The number of nitrogens with two attached hydrogens (primary N) is 2. The van der Waals surface area contributed by atoms with E-state index in [-0.39, 0.29) is 29.5 Å². The van der Waals surface area contributed by atoms with E-state index in [1.807, 2.05) is 27.7 Å². The Morgan fingerprint density at radius 2 is 1.40 bits per heavy atom. The van der Waals surface area contributed by atoms with Crippen LogP contribution in [0.2, 0.25) is 5.02 Å². The van der Waals surface area contributed by atoms with Crippen LogP contribution in [-0.4, -0.2) is 11.1 Å². The molecule has 20 heavy (non-hydrogen) atoms. The fraction of sp³-hybridized carbons (Fsp3) is 0.533. The third kappa shape index (κ3) is 3.51. The first-order chi connectivity index (χ1) is 9.16. The molecule has 0 saturated heterocycles. The molecule has 2 unspecified atom stereocenters. The van der Waals surface area contributed by atoms with E-state index >= 15 is 0 Å². The average Bonchev–Trinajstić information content (AvgIpc) is 2.36. The van der Waals surface area contributed by atoms with Gasteiger partial charge in [-0.1, -0.05) is 39.3 Å². The first-order valence-electron chi connectivity index (χ1n) is 6.74. The van der Waals surface area contributed by atoms with E-state index in [1.54, 1.807) is 12.1 Å². The molecule has 1 rings (SSSR count). The van der Waals surface area contributed by atoms with Crippen LogP contribution < -0.4 is 11.5 Å². The van der Waals surface area contributed by atoms with Gasteiger partial charge in [0.25, 0.3) is 0 Å². The molecular weight excluding hydrogens is 276 g/mol. The topological polar surface area (TPSA) is 89.3 Å². The van der Waals surface area contributed by atoms with Gasteiger partial charge in [-0.2, -0.15) is 0 Å². The van der Waals surface area contributed by atoms with Crippen molar-refractivity contribution in [2.75, 3.05) is 0 Å². The minimum absolute atomic E-state index is 0.152. The Bertz CT molecular complexity index is 466. The Kier molecular flexibility index (Phi) is 5.57. The van der Waals surface area contributed by atoms with Gasteiger partial charge in [-0.25, -0.2) is 4.79 Å². The minimum Gasteiger partial charge on any atom is -0.478 e. The maximum absolute atomic E-state index is 11.3.